The van der Waals surface area contributed by atoms with Crippen molar-refractivity contribution in [1.82, 2.24) is 14.5 Å². The number of hydrogen-bond donors (Lipinski definition) is 0. The molecule has 0 N–H and O–H groups in total. The summed E-state index contributed by atoms with van der Waals surface area (Å²) in [6, 6.07) is 1.35. The molecule has 0 bridgehead atoms. The molecule has 0 saturated heterocycles. The van der Waals surface area contributed by atoms with Crippen molar-refractivity contribution in [2.45, 2.75) is 83.2 Å². The topological polar surface area (TPSA) is 81.9 Å². The molecule has 0 amide bonds. The fourth-order valence-corrected chi connectivity index (χ4v) is 10.2. The van der Waals surface area contributed by atoms with E-state index in [1.165, 1.54) is 16.8 Å². The van der Waals surface area contributed by atoms with Crippen LogP contribution in [0, 0.1) is 11.5 Å². The summed E-state index contributed by atoms with van der Waals surface area (Å²) in [5.41, 5.74) is 5.63. The predicted octanol–water partition coefficient (Wildman–Crippen LogP) is 4.35. The maximum Gasteiger partial charge on any atom is 0.253 e. The average molecular weight is 448 g/mol. The van der Waals surface area contributed by atoms with Gasteiger partial charge in [-0.2, -0.15) is 4.98 Å². The van der Waals surface area contributed by atoms with Crippen molar-refractivity contribution in [3.05, 3.63) is 28.2 Å². The van der Waals surface area contributed by atoms with E-state index < -0.39 is 17.9 Å². The van der Waals surface area contributed by atoms with Gasteiger partial charge in [-0.05, 0) is 30.5 Å². The first-order chi connectivity index (χ1) is 13.7. The average Bonchev–Trinajstić information content (AvgIpc) is 2.59. The summed E-state index contributed by atoms with van der Waals surface area (Å²) < 4.78 is 25.4. The Morgan fingerprint density at radius 1 is 1.00 bits per heavy atom. The number of hydrogen-bond acceptors (Lipinski definition) is 5. The highest BCUT2D eigenvalue weighted by Gasteiger charge is 2.41. The minimum Gasteiger partial charge on any atom is -0.290 e. The third kappa shape index (κ3) is 4.37. The highest BCUT2D eigenvalue weighted by Crippen LogP contribution is 2.40. The lowest BCUT2D eigenvalue weighted by molar-refractivity contribution is 0.582. The highest BCUT2D eigenvalue weighted by atomic mass is 32.2. The number of fused-ring (bicyclic) bond motifs is 1. The highest BCUT2D eigenvalue weighted by molar-refractivity contribution is 7.90. The molecule has 164 valence electrons. The maximum atomic E-state index is 12.9. The molecule has 2 aromatic heterocycles. The SMILES string of the molecule is CC(C)n1c(=O)cc(C#C[Si](C(C)C)(C(C)C)C(C)C)c2cnc(S(C)(=O)=O)nc21. The van der Waals surface area contributed by atoms with Gasteiger partial charge in [0.05, 0.1) is 5.39 Å². The van der Waals surface area contributed by atoms with Crippen molar-refractivity contribution in [2.24, 2.45) is 0 Å². The molecule has 0 spiro atoms. The van der Waals surface area contributed by atoms with E-state index in [2.05, 4.69) is 63.0 Å². The Balaban J connectivity index is 2.90. The standard InChI is InChI=1S/C22H33N3O3SSi/c1-14(2)25-20(26)12-18(10-11-30(15(3)4,16(5)6)17(7)8)19-13-23-22(24-21(19)25)29(9,27)28/h12-17H,1-9H3. The van der Waals surface area contributed by atoms with Gasteiger partial charge in [-0.3, -0.25) is 9.36 Å². The van der Waals surface area contributed by atoms with Gasteiger partial charge in [-0.15, -0.1) is 5.54 Å². The Morgan fingerprint density at radius 3 is 1.97 bits per heavy atom. The van der Waals surface area contributed by atoms with Gasteiger partial charge >= 0.3 is 0 Å². The molecule has 6 nitrogen and oxygen atoms in total. The molecule has 0 fully saturated rings. The van der Waals surface area contributed by atoms with Gasteiger partial charge in [0.15, 0.2) is 0 Å². The molecule has 0 aromatic carbocycles. The van der Waals surface area contributed by atoms with E-state index in [1.54, 1.807) is 0 Å². The van der Waals surface area contributed by atoms with E-state index >= 15 is 0 Å². The van der Waals surface area contributed by atoms with Crippen LogP contribution in [0.15, 0.2) is 22.2 Å². The van der Waals surface area contributed by atoms with Crippen LogP contribution in [0.1, 0.15) is 67.0 Å². The molecule has 0 aliphatic carbocycles. The van der Waals surface area contributed by atoms with Crippen LogP contribution in [0.4, 0.5) is 0 Å². The van der Waals surface area contributed by atoms with Crippen LogP contribution in [0.25, 0.3) is 11.0 Å². The molecular formula is C22H33N3O3SSi. The van der Waals surface area contributed by atoms with E-state index in [-0.39, 0.29) is 16.8 Å². The number of sulfone groups is 1. The van der Waals surface area contributed by atoms with Crippen LogP contribution < -0.4 is 5.56 Å². The summed E-state index contributed by atoms with van der Waals surface area (Å²) in [4.78, 5) is 21.2. The van der Waals surface area contributed by atoms with Crippen LogP contribution in [0.2, 0.25) is 16.6 Å². The summed E-state index contributed by atoms with van der Waals surface area (Å²) in [6.07, 6.45) is 2.54. The molecule has 2 aromatic rings. The van der Waals surface area contributed by atoms with E-state index in [9.17, 15) is 13.2 Å². The lowest BCUT2D eigenvalue weighted by atomic mass is 10.2. The summed E-state index contributed by atoms with van der Waals surface area (Å²) in [7, 11) is -5.60. The lowest BCUT2D eigenvalue weighted by Gasteiger charge is -2.38. The second-order valence-electron chi connectivity index (χ2n) is 9.17. The third-order valence-corrected chi connectivity index (χ3v) is 13.0. The summed E-state index contributed by atoms with van der Waals surface area (Å²) >= 11 is 0. The van der Waals surface area contributed by atoms with Gasteiger partial charge in [0, 0.05) is 30.1 Å². The Bertz CT molecular complexity index is 1150. The molecule has 0 aliphatic rings. The van der Waals surface area contributed by atoms with Crippen molar-refractivity contribution in [3.63, 3.8) is 0 Å². The summed E-state index contributed by atoms with van der Waals surface area (Å²) in [5.74, 6) is 3.31. The van der Waals surface area contributed by atoms with E-state index in [0.29, 0.717) is 33.2 Å². The molecular weight excluding hydrogens is 414 g/mol. The molecule has 0 saturated carbocycles. The van der Waals surface area contributed by atoms with Crippen molar-refractivity contribution in [3.8, 4) is 11.5 Å². The number of rotatable bonds is 5. The number of aromatic nitrogens is 3. The fourth-order valence-electron chi connectivity index (χ4n) is 4.50. The van der Waals surface area contributed by atoms with Gasteiger partial charge in [-0.1, -0.05) is 47.5 Å². The van der Waals surface area contributed by atoms with Crippen molar-refractivity contribution < 1.29 is 8.42 Å². The van der Waals surface area contributed by atoms with Crippen molar-refractivity contribution in [2.75, 3.05) is 6.26 Å². The maximum absolute atomic E-state index is 12.9. The Hall–Kier alpha value is -1.98. The molecule has 2 heterocycles. The zero-order valence-electron chi connectivity index (χ0n) is 19.4. The quantitative estimate of drug-likeness (QED) is 0.387. The monoisotopic (exact) mass is 447 g/mol. The molecule has 0 radical (unpaired) electrons. The Kier molecular flexibility index (Phi) is 6.99. The summed E-state index contributed by atoms with van der Waals surface area (Å²) in [5, 5.41) is 0.312. The number of pyridine rings is 1. The third-order valence-electron chi connectivity index (χ3n) is 5.90. The number of nitrogens with zero attached hydrogens (tertiary/aromatic N) is 3. The Labute approximate surface area is 181 Å². The first kappa shape index (κ1) is 24.3. The predicted molar refractivity (Wildman–Crippen MR) is 125 cm³/mol. The van der Waals surface area contributed by atoms with E-state index in [1.807, 2.05) is 13.8 Å². The fraction of sp³-hybridized carbons (Fsp3) is 0.591. The summed E-state index contributed by atoms with van der Waals surface area (Å²) in [6.45, 7) is 17.1. The van der Waals surface area contributed by atoms with E-state index in [4.69, 9.17) is 0 Å². The van der Waals surface area contributed by atoms with Crippen LogP contribution in [-0.2, 0) is 9.84 Å². The van der Waals surface area contributed by atoms with Crippen LogP contribution in [0.3, 0.4) is 0 Å². The van der Waals surface area contributed by atoms with Crippen LogP contribution >= 0.6 is 0 Å². The second kappa shape index (κ2) is 8.64. The van der Waals surface area contributed by atoms with Crippen LogP contribution in [-0.4, -0.2) is 37.3 Å². The minimum atomic E-state index is -3.60. The molecule has 30 heavy (non-hydrogen) atoms. The normalized spacial score (nSPS) is 12.8. The minimum absolute atomic E-state index is 0.181. The van der Waals surface area contributed by atoms with Gasteiger partial charge in [0.1, 0.15) is 13.7 Å². The van der Waals surface area contributed by atoms with Gasteiger partial charge < -0.3 is 0 Å². The molecule has 8 heteroatoms. The zero-order valence-corrected chi connectivity index (χ0v) is 21.3. The van der Waals surface area contributed by atoms with Crippen molar-refractivity contribution in [1.29, 1.82) is 0 Å². The van der Waals surface area contributed by atoms with Gasteiger partial charge in [0.25, 0.3) is 5.56 Å². The van der Waals surface area contributed by atoms with Crippen LogP contribution in [0.5, 0.6) is 0 Å². The molecule has 2 rings (SSSR count). The second-order valence-corrected chi connectivity index (χ2v) is 16.7. The zero-order chi connectivity index (χ0) is 23.0. The first-order valence-electron chi connectivity index (χ1n) is 10.4. The molecule has 0 unspecified atom stereocenters. The first-order valence-corrected chi connectivity index (χ1v) is 14.5. The molecule has 0 atom stereocenters. The Morgan fingerprint density at radius 2 is 1.53 bits per heavy atom. The molecule has 0 aliphatic heterocycles. The van der Waals surface area contributed by atoms with E-state index in [0.717, 1.165) is 6.26 Å². The smallest absolute Gasteiger partial charge is 0.253 e. The van der Waals surface area contributed by atoms with Gasteiger partial charge in [-0.25, -0.2) is 13.4 Å². The lowest BCUT2D eigenvalue weighted by Crippen LogP contribution is -2.43. The van der Waals surface area contributed by atoms with Crippen molar-refractivity contribution >= 4 is 28.9 Å². The largest absolute Gasteiger partial charge is 0.290 e. The van der Waals surface area contributed by atoms with Gasteiger partial charge in [0.2, 0.25) is 15.0 Å².